The molecule has 2 aromatic carbocycles. The maximum atomic E-state index is 12.3. The molecule has 5 nitrogen and oxygen atoms in total. The lowest BCUT2D eigenvalue weighted by Gasteiger charge is -2.18. The first kappa shape index (κ1) is 17.1. The number of rotatable bonds is 3. The van der Waals surface area contributed by atoms with Gasteiger partial charge in [0.1, 0.15) is 5.75 Å². The molecule has 0 bridgehead atoms. The number of hydrogen-bond acceptors (Lipinski definition) is 3. The summed E-state index contributed by atoms with van der Waals surface area (Å²) in [6.07, 6.45) is -1.74. The van der Waals surface area contributed by atoms with E-state index in [-0.39, 0.29) is 11.3 Å². The highest BCUT2D eigenvalue weighted by Crippen LogP contribution is 2.35. The van der Waals surface area contributed by atoms with E-state index in [1.807, 2.05) is 0 Å². The molecule has 27 heavy (non-hydrogen) atoms. The average Bonchev–Trinajstić information content (AvgIpc) is 3.05. The van der Waals surface area contributed by atoms with E-state index in [1.165, 1.54) is 24.3 Å². The topological polar surface area (TPSA) is 64.3 Å². The number of aromatic nitrogens is 2. The van der Waals surface area contributed by atoms with Gasteiger partial charge >= 0.3 is 12.3 Å². The lowest BCUT2D eigenvalue weighted by atomic mass is 9.88. The van der Waals surface area contributed by atoms with Crippen LogP contribution in [0.1, 0.15) is 21.6 Å². The molecule has 1 aliphatic carbocycles. The molecule has 0 aliphatic heterocycles. The molecule has 1 aliphatic rings. The number of alkyl halides is 3. The SMILES string of the molecule is O=C(O)c1ccc2c(c1)CCc1c-2cnn1-c1ccc(OC(F)(F)F)cc1. The fourth-order valence-corrected chi connectivity index (χ4v) is 3.30. The summed E-state index contributed by atoms with van der Waals surface area (Å²) >= 11 is 0. The molecule has 0 fully saturated rings. The van der Waals surface area contributed by atoms with Crippen LogP contribution in [0, 0.1) is 0 Å². The summed E-state index contributed by atoms with van der Waals surface area (Å²) < 4.78 is 42.4. The number of carboxylic acids is 1. The first-order chi connectivity index (χ1) is 12.8. The minimum atomic E-state index is -4.73. The third-order valence-corrected chi connectivity index (χ3v) is 4.46. The third-order valence-electron chi connectivity index (χ3n) is 4.46. The minimum absolute atomic E-state index is 0.241. The molecule has 0 amide bonds. The van der Waals surface area contributed by atoms with Gasteiger partial charge in [-0.15, -0.1) is 13.2 Å². The molecule has 3 aromatic rings. The molecule has 1 heterocycles. The number of hydrogen-bond donors (Lipinski definition) is 1. The maximum absolute atomic E-state index is 12.3. The number of fused-ring (bicyclic) bond motifs is 3. The molecule has 8 heteroatoms. The number of aromatic carboxylic acids is 1. The molecule has 1 aromatic heterocycles. The van der Waals surface area contributed by atoms with Gasteiger partial charge in [-0.3, -0.25) is 0 Å². The van der Waals surface area contributed by atoms with Gasteiger partial charge in [-0.05, 0) is 60.4 Å². The quantitative estimate of drug-likeness (QED) is 0.745. The summed E-state index contributed by atoms with van der Waals surface area (Å²) in [7, 11) is 0. The van der Waals surface area contributed by atoms with Crippen molar-refractivity contribution in [1.29, 1.82) is 0 Å². The summed E-state index contributed by atoms with van der Waals surface area (Å²) in [6.45, 7) is 0. The molecule has 0 spiro atoms. The van der Waals surface area contributed by atoms with Crippen LogP contribution >= 0.6 is 0 Å². The van der Waals surface area contributed by atoms with Crippen molar-refractivity contribution < 1.29 is 27.8 Å². The number of aryl methyl sites for hydroxylation is 1. The number of benzene rings is 2. The molecule has 0 saturated heterocycles. The molecule has 4 rings (SSSR count). The minimum Gasteiger partial charge on any atom is -0.478 e. The van der Waals surface area contributed by atoms with E-state index < -0.39 is 12.3 Å². The lowest BCUT2D eigenvalue weighted by molar-refractivity contribution is -0.274. The van der Waals surface area contributed by atoms with Crippen LogP contribution in [0.5, 0.6) is 5.75 Å². The highest BCUT2D eigenvalue weighted by Gasteiger charge is 2.31. The van der Waals surface area contributed by atoms with Gasteiger partial charge < -0.3 is 9.84 Å². The van der Waals surface area contributed by atoms with Crippen LogP contribution in [-0.4, -0.2) is 27.2 Å². The van der Waals surface area contributed by atoms with Crippen LogP contribution in [0.3, 0.4) is 0 Å². The number of nitrogens with zero attached hydrogens (tertiary/aromatic N) is 2. The van der Waals surface area contributed by atoms with Crippen molar-refractivity contribution >= 4 is 5.97 Å². The van der Waals surface area contributed by atoms with Crippen LogP contribution in [0.25, 0.3) is 16.8 Å². The molecule has 0 radical (unpaired) electrons. The Morgan fingerprint density at radius 3 is 2.48 bits per heavy atom. The lowest BCUT2D eigenvalue weighted by Crippen LogP contribution is -2.17. The standard InChI is InChI=1S/C19H13F3N2O3/c20-19(21,22)27-14-5-3-13(4-6-14)24-17-8-2-11-9-12(18(25)26)1-7-15(11)16(17)10-23-24/h1,3-7,9-10H,2,8H2,(H,25,26). The van der Waals surface area contributed by atoms with Gasteiger partial charge in [0.15, 0.2) is 0 Å². The van der Waals surface area contributed by atoms with Crippen molar-refractivity contribution in [3.63, 3.8) is 0 Å². The zero-order valence-corrected chi connectivity index (χ0v) is 13.8. The third kappa shape index (κ3) is 3.25. The number of carbonyl (C=O) groups is 1. The largest absolute Gasteiger partial charge is 0.573 e. The Balaban J connectivity index is 1.68. The molecule has 1 N–H and O–H groups in total. The smallest absolute Gasteiger partial charge is 0.478 e. The van der Waals surface area contributed by atoms with Crippen molar-refractivity contribution in [2.45, 2.75) is 19.2 Å². The molecule has 0 atom stereocenters. The van der Waals surface area contributed by atoms with Gasteiger partial charge in [0.2, 0.25) is 0 Å². The maximum Gasteiger partial charge on any atom is 0.573 e. The van der Waals surface area contributed by atoms with Crippen molar-refractivity contribution in [2.75, 3.05) is 0 Å². The monoisotopic (exact) mass is 374 g/mol. The Kier molecular flexibility index (Phi) is 3.91. The second kappa shape index (κ2) is 6.15. The summed E-state index contributed by atoms with van der Waals surface area (Å²) in [5.41, 5.74) is 4.54. The zero-order valence-electron chi connectivity index (χ0n) is 13.8. The predicted octanol–water partition coefficient (Wildman–Crippen LogP) is 4.23. The van der Waals surface area contributed by atoms with Crippen LogP contribution in [0.15, 0.2) is 48.7 Å². The molecule has 0 saturated carbocycles. The number of carboxylic acid groups (broad SMARTS) is 1. The number of ether oxygens (including phenoxy) is 1. The summed E-state index contributed by atoms with van der Waals surface area (Å²) in [5, 5.41) is 13.5. The Bertz CT molecular complexity index is 1020. The summed E-state index contributed by atoms with van der Waals surface area (Å²) in [5.74, 6) is -1.26. The van der Waals surface area contributed by atoms with E-state index in [2.05, 4.69) is 9.84 Å². The number of halogens is 3. The average molecular weight is 374 g/mol. The van der Waals surface area contributed by atoms with E-state index in [1.54, 1.807) is 29.1 Å². The van der Waals surface area contributed by atoms with Gasteiger partial charge in [0.25, 0.3) is 0 Å². The van der Waals surface area contributed by atoms with Crippen molar-refractivity contribution in [3.05, 3.63) is 65.5 Å². The van der Waals surface area contributed by atoms with Crippen LogP contribution in [0.4, 0.5) is 13.2 Å². The highest BCUT2D eigenvalue weighted by molar-refractivity contribution is 5.89. The zero-order chi connectivity index (χ0) is 19.2. The van der Waals surface area contributed by atoms with Crippen molar-refractivity contribution in [1.82, 2.24) is 9.78 Å². The second-order valence-electron chi connectivity index (χ2n) is 6.14. The van der Waals surface area contributed by atoms with Crippen LogP contribution in [-0.2, 0) is 12.8 Å². The van der Waals surface area contributed by atoms with Crippen molar-refractivity contribution in [2.24, 2.45) is 0 Å². The first-order valence-electron chi connectivity index (χ1n) is 8.11. The van der Waals surface area contributed by atoms with Gasteiger partial charge in [-0.1, -0.05) is 6.07 Å². The van der Waals surface area contributed by atoms with Crippen LogP contribution < -0.4 is 4.74 Å². The van der Waals surface area contributed by atoms with Gasteiger partial charge in [-0.2, -0.15) is 5.10 Å². The highest BCUT2D eigenvalue weighted by atomic mass is 19.4. The molecular formula is C19H13F3N2O3. The molecule has 138 valence electrons. The Morgan fingerprint density at radius 1 is 1.07 bits per heavy atom. The Labute approximate surface area is 151 Å². The van der Waals surface area contributed by atoms with E-state index in [9.17, 15) is 18.0 Å². The molecular weight excluding hydrogens is 361 g/mol. The fraction of sp³-hybridized carbons (Fsp3) is 0.158. The Hall–Kier alpha value is -3.29. The fourth-order valence-electron chi connectivity index (χ4n) is 3.30. The van der Waals surface area contributed by atoms with E-state index in [0.29, 0.717) is 18.5 Å². The Morgan fingerprint density at radius 2 is 1.81 bits per heavy atom. The van der Waals surface area contributed by atoms with Gasteiger partial charge in [0, 0.05) is 5.56 Å². The van der Waals surface area contributed by atoms with Gasteiger partial charge in [0.05, 0.1) is 23.1 Å². The normalized spacial score (nSPS) is 13.0. The summed E-state index contributed by atoms with van der Waals surface area (Å²) in [6, 6.07) is 10.5. The second-order valence-corrected chi connectivity index (χ2v) is 6.14. The molecule has 0 unspecified atom stereocenters. The van der Waals surface area contributed by atoms with Gasteiger partial charge in [-0.25, -0.2) is 9.48 Å². The van der Waals surface area contributed by atoms with E-state index in [0.717, 1.165) is 22.4 Å². The van der Waals surface area contributed by atoms with Crippen LogP contribution in [0.2, 0.25) is 0 Å². The summed E-state index contributed by atoms with van der Waals surface area (Å²) in [4.78, 5) is 11.1. The van der Waals surface area contributed by atoms with E-state index >= 15 is 0 Å². The predicted molar refractivity (Wildman–Crippen MR) is 90.1 cm³/mol. The van der Waals surface area contributed by atoms with E-state index in [4.69, 9.17) is 5.11 Å². The first-order valence-corrected chi connectivity index (χ1v) is 8.11. The van der Waals surface area contributed by atoms with Crippen molar-refractivity contribution in [3.8, 4) is 22.6 Å².